The predicted octanol–water partition coefficient (Wildman–Crippen LogP) is 2.58. The summed E-state index contributed by atoms with van der Waals surface area (Å²) in [6.45, 7) is 6.00. The second-order valence-electron chi connectivity index (χ2n) is 4.84. The number of carboxylic acid groups (broad SMARTS) is 1. The average molecular weight is 273 g/mol. The Balaban J connectivity index is 2.74. The summed E-state index contributed by atoms with van der Waals surface area (Å²) in [5.41, 5.74) is 0. The SMILES string of the molecule is CCCCC(C)C(=O)N1C(CC)SCC1C(=O)O. The third-order valence-corrected chi connectivity index (χ3v) is 4.85. The molecule has 1 saturated heterocycles. The maximum atomic E-state index is 12.4. The van der Waals surface area contributed by atoms with Crippen molar-refractivity contribution in [3.63, 3.8) is 0 Å². The average Bonchev–Trinajstić information content (AvgIpc) is 2.78. The molecule has 0 aromatic heterocycles. The van der Waals surface area contributed by atoms with E-state index in [9.17, 15) is 14.7 Å². The van der Waals surface area contributed by atoms with Crippen molar-refractivity contribution < 1.29 is 14.7 Å². The van der Waals surface area contributed by atoms with Gasteiger partial charge in [-0.05, 0) is 12.8 Å². The van der Waals surface area contributed by atoms with Gasteiger partial charge in [0.2, 0.25) is 5.91 Å². The van der Waals surface area contributed by atoms with Gasteiger partial charge in [-0.1, -0.05) is 33.6 Å². The molecule has 5 heteroatoms. The number of thioether (sulfide) groups is 1. The molecule has 3 atom stereocenters. The number of carbonyl (C=O) groups excluding carboxylic acids is 1. The van der Waals surface area contributed by atoms with Crippen LogP contribution in [0.3, 0.4) is 0 Å². The van der Waals surface area contributed by atoms with Crippen LogP contribution in [0.1, 0.15) is 46.5 Å². The zero-order valence-corrected chi connectivity index (χ0v) is 12.2. The Morgan fingerprint density at radius 1 is 1.44 bits per heavy atom. The summed E-state index contributed by atoms with van der Waals surface area (Å²) < 4.78 is 0. The van der Waals surface area contributed by atoms with Gasteiger partial charge in [0.1, 0.15) is 6.04 Å². The Bertz CT molecular complexity index is 309. The quantitative estimate of drug-likeness (QED) is 0.808. The van der Waals surface area contributed by atoms with Crippen molar-refractivity contribution in [1.82, 2.24) is 4.90 Å². The first-order valence-corrected chi connectivity index (χ1v) is 7.74. The van der Waals surface area contributed by atoms with E-state index in [1.54, 1.807) is 16.7 Å². The van der Waals surface area contributed by atoms with Crippen LogP contribution in [-0.2, 0) is 9.59 Å². The maximum Gasteiger partial charge on any atom is 0.327 e. The zero-order valence-electron chi connectivity index (χ0n) is 11.4. The Labute approximate surface area is 113 Å². The van der Waals surface area contributed by atoms with E-state index in [0.29, 0.717) is 5.75 Å². The number of carboxylic acids is 1. The first-order chi connectivity index (χ1) is 8.52. The van der Waals surface area contributed by atoms with Crippen molar-refractivity contribution >= 4 is 23.6 Å². The molecular formula is C13H23NO3S. The molecule has 0 aromatic carbocycles. The van der Waals surface area contributed by atoms with Gasteiger partial charge in [0.05, 0.1) is 5.37 Å². The number of rotatable bonds is 6. The van der Waals surface area contributed by atoms with Crippen LogP contribution < -0.4 is 0 Å². The van der Waals surface area contributed by atoms with Crippen LogP contribution in [0.4, 0.5) is 0 Å². The number of amides is 1. The van der Waals surface area contributed by atoms with Crippen LogP contribution in [0.2, 0.25) is 0 Å². The molecule has 1 heterocycles. The fourth-order valence-corrected chi connectivity index (χ4v) is 3.61. The molecule has 0 aromatic rings. The smallest absolute Gasteiger partial charge is 0.327 e. The van der Waals surface area contributed by atoms with Gasteiger partial charge < -0.3 is 10.0 Å². The van der Waals surface area contributed by atoms with E-state index in [-0.39, 0.29) is 17.2 Å². The van der Waals surface area contributed by atoms with Crippen LogP contribution >= 0.6 is 11.8 Å². The number of hydrogen-bond donors (Lipinski definition) is 1. The minimum atomic E-state index is -0.880. The second kappa shape index (κ2) is 7.02. The lowest BCUT2D eigenvalue weighted by Gasteiger charge is -2.29. The van der Waals surface area contributed by atoms with Gasteiger partial charge in [0.25, 0.3) is 0 Å². The molecule has 1 fully saturated rings. The molecular weight excluding hydrogens is 250 g/mol. The molecule has 104 valence electrons. The number of unbranched alkanes of at least 4 members (excludes halogenated alkanes) is 1. The summed E-state index contributed by atoms with van der Waals surface area (Å²) in [5.74, 6) is -0.429. The zero-order chi connectivity index (χ0) is 13.7. The van der Waals surface area contributed by atoms with Crippen molar-refractivity contribution in [2.45, 2.75) is 57.9 Å². The molecule has 1 N–H and O–H groups in total. The molecule has 0 radical (unpaired) electrons. The number of nitrogens with zero attached hydrogens (tertiary/aromatic N) is 1. The van der Waals surface area contributed by atoms with E-state index < -0.39 is 12.0 Å². The number of carbonyl (C=O) groups is 2. The van der Waals surface area contributed by atoms with E-state index >= 15 is 0 Å². The van der Waals surface area contributed by atoms with Crippen molar-refractivity contribution in [3.8, 4) is 0 Å². The van der Waals surface area contributed by atoms with Gasteiger partial charge in [-0.2, -0.15) is 0 Å². The number of hydrogen-bond acceptors (Lipinski definition) is 3. The maximum absolute atomic E-state index is 12.4. The lowest BCUT2D eigenvalue weighted by atomic mass is 10.0. The second-order valence-corrected chi connectivity index (χ2v) is 6.05. The summed E-state index contributed by atoms with van der Waals surface area (Å²) in [6.07, 6.45) is 3.73. The Morgan fingerprint density at radius 2 is 2.11 bits per heavy atom. The molecule has 0 spiro atoms. The largest absolute Gasteiger partial charge is 0.480 e. The van der Waals surface area contributed by atoms with Gasteiger partial charge in [-0.15, -0.1) is 11.8 Å². The van der Waals surface area contributed by atoms with E-state index in [1.165, 1.54) is 0 Å². The monoisotopic (exact) mass is 273 g/mol. The topological polar surface area (TPSA) is 57.6 Å². The highest BCUT2D eigenvalue weighted by atomic mass is 32.2. The van der Waals surface area contributed by atoms with Gasteiger partial charge in [-0.3, -0.25) is 4.79 Å². The standard InChI is InChI=1S/C13H23NO3S/c1-4-6-7-9(3)12(15)14-10(13(16)17)8-18-11(14)5-2/h9-11H,4-8H2,1-3H3,(H,16,17). The molecule has 1 amide bonds. The Hall–Kier alpha value is -0.710. The lowest BCUT2D eigenvalue weighted by Crippen LogP contribution is -2.47. The van der Waals surface area contributed by atoms with Crippen molar-refractivity contribution in [3.05, 3.63) is 0 Å². The fraction of sp³-hybridized carbons (Fsp3) is 0.846. The third kappa shape index (κ3) is 3.40. The Morgan fingerprint density at radius 3 is 2.61 bits per heavy atom. The van der Waals surface area contributed by atoms with Crippen LogP contribution in [0, 0.1) is 5.92 Å². The minimum absolute atomic E-state index is 0.00713. The molecule has 3 unspecified atom stereocenters. The molecule has 1 rings (SSSR count). The summed E-state index contributed by atoms with van der Waals surface area (Å²) >= 11 is 1.58. The molecule has 4 nitrogen and oxygen atoms in total. The fourth-order valence-electron chi connectivity index (χ4n) is 2.25. The van der Waals surface area contributed by atoms with E-state index in [4.69, 9.17) is 0 Å². The summed E-state index contributed by atoms with van der Waals surface area (Å²) in [5, 5.41) is 9.23. The molecule has 18 heavy (non-hydrogen) atoms. The number of aliphatic carboxylic acids is 1. The third-order valence-electron chi connectivity index (χ3n) is 3.39. The predicted molar refractivity (Wildman–Crippen MR) is 73.5 cm³/mol. The van der Waals surface area contributed by atoms with Gasteiger partial charge in [0.15, 0.2) is 0 Å². The normalized spacial score (nSPS) is 25.2. The van der Waals surface area contributed by atoms with Crippen molar-refractivity contribution in [2.75, 3.05) is 5.75 Å². The van der Waals surface area contributed by atoms with Crippen LogP contribution in [0.25, 0.3) is 0 Å². The minimum Gasteiger partial charge on any atom is -0.480 e. The Kier molecular flexibility index (Phi) is 5.99. The highest BCUT2D eigenvalue weighted by Crippen LogP contribution is 2.33. The van der Waals surface area contributed by atoms with Crippen LogP contribution in [0.15, 0.2) is 0 Å². The lowest BCUT2D eigenvalue weighted by molar-refractivity contribution is -0.150. The molecule has 1 aliphatic heterocycles. The summed E-state index contributed by atoms with van der Waals surface area (Å²) in [7, 11) is 0. The summed E-state index contributed by atoms with van der Waals surface area (Å²) in [4.78, 5) is 25.2. The van der Waals surface area contributed by atoms with Crippen LogP contribution in [-0.4, -0.2) is 39.1 Å². The van der Waals surface area contributed by atoms with Gasteiger partial charge in [-0.25, -0.2) is 4.79 Å². The highest BCUT2D eigenvalue weighted by Gasteiger charge is 2.41. The van der Waals surface area contributed by atoms with E-state index in [2.05, 4.69) is 6.92 Å². The molecule has 1 aliphatic rings. The molecule has 0 bridgehead atoms. The highest BCUT2D eigenvalue weighted by molar-refractivity contribution is 8.00. The summed E-state index contributed by atoms with van der Waals surface area (Å²) in [6, 6.07) is -0.642. The van der Waals surface area contributed by atoms with E-state index in [1.807, 2.05) is 13.8 Å². The van der Waals surface area contributed by atoms with Crippen molar-refractivity contribution in [2.24, 2.45) is 5.92 Å². The van der Waals surface area contributed by atoms with Crippen LogP contribution in [0.5, 0.6) is 0 Å². The molecule has 0 aliphatic carbocycles. The van der Waals surface area contributed by atoms with Gasteiger partial charge >= 0.3 is 5.97 Å². The first-order valence-electron chi connectivity index (χ1n) is 6.69. The van der Waals surface area contributed by atoms with Crippen molar-refractivity contribution in [1.29, 1.82) is 0 Å². The van der Waals surface area contributed by atoms with E-state index in [0.717, 1.165) is 25.7 Å². The first kappa shape index (κ1) is 15.3. The molecule has 0 saturated carbocycles. The van der Waals surface area contributed by atoms with Gasteiger partial charge in [0, 0.05) is 11.7 Å².